The molecular weight excluding hydrogens is 222 g/mol. The Morgan fingerprint density at radius 2 is 2.22 bits per heavy atom. The van der Waals surface area contributed by atoms with Crippen molar-refractivity contribution in [3.05, 3.63) is 35.4 Å². The van der Waals surface area contributed by atoms with Crippen LogP contribution in [0, 0.1) is 16.7 Å². The predicted octanol–water partition coefficient (Wildman–Crippen LogP) is 3.25. The third-order valence-corrected chi connectivity index (χ3v) is 2.82. The van der Waals surface area contributed by atoms with Gasteiger partial charge in [-0.2, -0.15) is 5.26 Å². The van der Waals surface area contributed by atoms with E-state index in [4.69, 9.17) is 10.7 Å². The molecule has 3 heteroatoms. The van der Waals surface area contributed by atoms with Crippen molar-refractivity contribution in [1.82, 2.24) is 5.32 Å². The van der Waals surface area contributed by atoms with Crippen molar-refractivity contribution in [1.29, 1.82) is 10.7 Å². The highest BCUT2D eigenvalue weighted by Gasteiger charge is 1.97. The lowest BCUT2D eigenvalue weighted by Gasteiger charge is -2.07. The summed E-state index contributed by atoms with van der Waals surface area (Å²) in [5.74, 6) is 0.641. The number of nitriles is 1. The van der Waals surface area contributed by atoms with Crippen LogP contribution in [-0.4, -0.2) is 12.4 Å². The van der Waals surface area contributed by atoms with E-state index in [2.05, 4.69) is 18.3 Å². The average molecular weight is 243 g/mol. The Labute approximate surface area is 109 Å². The standard InChI is InChI=1S/C15H21N3/c1-2-3-9-15(17)18-10-5-8-13-6-4-7-14(11-13)12-16/h4,6-7,11H,2-3,5,8-10H2,1H3,(H2,17,18). The number of hydrogen-bond donors (Lipinski definition) is 2. The second-order valence-corrected chi connectivity index (χ2v) is 4.42. The van der Waals surface area contributed by atoms with Crippen LogP contribution in [0.5, 0.6) is 0 Å². The van der Waals surface area contributed by atoms with Crippen LogP contribution in [0.2, 0.25) is 0 Å². The Bertz CT molecular complexity index is 418. The molecule has 1 rings (SSSR count). The Morgan fingerprint density at radius 1 is 1.39 bits per heavy atom. The van der Waals surface area contributed by atoms with Crippen LogP contribution >= 0.6 is 0 Å². The smallest absolute Gasteiger partial charge is 0.0991 e. The van der Waals surface area contributed by atoms with Gasteiger partial charge in [-0.1, -0.05) is 25.5 Å². The molecule has 0 saturated carbocycles. The monoisotopic (exact) mass is 243 g/mol. The molecular formula is C15H21N3. The lowest BCUT2D eigenvalue weighted by Crippen LogP contribution is -2.23. The molecule has 0 aromatic heterocycles. The second-order valence-electron chi connectivity index (χ2n) is 4.42. The molecule has 0 aliphatic carbocycles. The zero-order valence-corrected chi connectivity index (χ0v) is 11.0. The number of rotatable bonds is 7. The van der Waals surface area contributed by atoms with E-state index in [1.165, 1.54) is 5.56 Å². The molecule has 0 amide bonds. The first-order valence-corrected chi connectivity index (χ1v) is 6.56. The Balaban J connectivity index is 2.21. The summed E-state index contributed by atoms with van der Waals surface area (Å²) < 4.78 is 0. The first kappa shape index (κ1) is 14.2. The third kappa shape index (κ3) is 5.49. The van der Waals surface area contributed by atoms with E-state index >= 15 is 0 Å². The highest BCUT2D eigenvalue weighted by Crippen LogP contribution is 2.06. The molecule has 3 nitrogen and oxygen atoms in total. The molecule has 0 radical (unpaired) electrons. The van der Waals surface area contributed by atoms with Crippen LogP contribution in [0.4, 0.5) is 0 Å². The minimum atomic E-state index is 0.641. The van der Waals surface area contributed by atoms with Gasteiger partial charge in [0.1, 0.15) is 0 Å². The summed E-state index contributed by atoms with van der Waals surface area (Å²) in [7, 11) is 0. The Morgan fingerprint density at radius 3 is 2.94 bits per heavy atom. The number of unbranched alkanes of at least 4 members (excludes halogenated alkanes) is 1. The van der Waals surface area contributed by atoms with Crippen LogP contribution in [0.15, 0.2) is 24.3 Å². The van der Waals surface area contributed by atoms with E-state index in [0.29, 0.717) is 5.84 Å². The lowest BCUT2D eigenvalue weighted by atomic mass is 10.1. The van der Waals surface area contributed by atoms with Gasteiger partial charge in [0.05, 0.1) is 17.5 Å². The van der Waals surface area contributed by atoms with E-state index in [0.717, 1.165) is 44.2 Å². The molecule has 0 spiro atoms. The van der Waals surface area contributed by atoms with Gasteiger partial charge >= 0.3 is 0 Å². The van der Waals surface area contributed by atoms with Gasteiger partial charge < -0.3 is 5.32 Å². The molecule has 96 valence electrons. The summed E-state index contributed by atoms with van der Waals surface area (Å²) in [5, 5.41) is 19.6. The molecule has 0 fully saturated rings. The average Bonchev–Trinajstić information content (AvgIpc) is 2.41. The van der Waals surface area contributed by atoms with Gasteiger partial charge in [0, 0.05) is 13.0 Å². The summed E-state index contributed by atoms with van der Waals surface area (Å²) in [5.41, 5.74) is 1.91. The summed E-state index contributed by atoms with van der Waals surface area (Å²) in [4.78, 5) is 0. The normalized spacial score (nSPS) is 9.78. The topological polar surface area (TPSA) is 59.7 Å². The summed E-state index contributed by atoms with van der Waals surface area (Å²) in [6, 6.07) is 9.87. The van der Waals surface area contributed by atoms with Gasteiger partial charge in [-0.3, -0.25) is 5.41 Å². The molecule has 1 aromatic carbocycles. The molecule has 0 aliphatic rings. The molecule has 0 saturated heterocycles. The molecule has 0 heterocycles. The largest absolute Gasteiger partial charge is 0.374 e. The van der Waals surface area contributed by atoms with Crippen LogP contribution in [-0.2, 0) is 6.42 Å². The van der Waals surface area contributed by atoms with Crippen molar-refractivity contribution in [3.63, 3.8) is 0 Å². The molecule has 0 unspecified atom stereocenters. The number of aryl methyl sites for hydroxylation is 1. The van der Waals surface area contributed by atoms with Gasteiger partial charge in [-0.05, 0) is 37.0 Å². The molecule has 2 N–H and O–H groups in total. The fraction of sp³-hybridized carbons (Fsp3) is 0.467. The van der Waals surface area contributed by atoms with Gasteiger partial charge in [0.2, 0.25) is 0 Å². The predicted molar refractivity (Wildman–Crippen MR) is 74.7 cm³/mol. The van der Waals surface area contributed by atoms with E-state index in [1.807, 2.05) is 24.3 Å². The zero-order valence-electron chi connectivity index (χ0n) is 11.0. The zero-order chi connectivity index (χ0) is 13.2. The number of nitrogens with one attached hydrogen (secondary N) is 2. The molecule has 0 bridgehead atoms. The van der Waals surface area contributed by atoms with Crippen molar-refractivity contribution in [2.24, 2.45) is 0 Å². The first-order valence-electron chi connectivity index (χ1n) is 6.56. The number of nitrogens with zero attached hydrogens (tertiary/aromatic N) is 1. The summed E-state index contributed by atoms with van der Waals surface area (Å²) in [6.45, 7) is 2.97. The van der Waals surface area contributed by atoms with Crippen molar-refractivity contribution < 1.29 is 0 Å². The van der Waals surface area contributed by atoms with Crippen LogP contribution in [0.25, 0.3) is 0 Å². The SMILES string of the molecule is CCCCC(=N)NCCCc1cccc(C#N)c1. The highest BCUT2D eigenvalue weighted by atomic mass is 14.9. The maximum atomic E-state index is 8.80. The summed E-state index contributed by atoms with van der Waals surface area (Å²) in [6.07, 6.45) is 4.99. The fourth-order valence-corrected chi connectivity index (χ4v) is 1.77. The Hall–Kier alpha value is -1.82. The quantitative estimate of drug-likeness (QED) is 0.439. The van der Waals surface area contributed by atoms with Crippen LogP contribution < -0.4 is 5.32 Å². The van der Waals surface area contributed by atoms with E-state index in [9.17, 15) is 0 Å². The van der Waals surface area contributed by atoms with Crippen molar-refractivity contribution in [2.45, 2.75) is 39.0 Å². The first-order chi connectivity index (χ1) is 8.76. The minimum absolute atomic E-state index is 0.641. The lowest BCUT2D eigenvalue weighted by molar-refractivity contribution is 0.741. The maximum absolute atomic E-state index is 8.80. The number of hydrogen-bond acceptors (Lipinski definition) is 2. The molecule has 1 aromatic rings. The third-order valence-electron chi connectivity index (χ3n) is 2.82. The van der Waals surface area contributed by atoms with Crippen LogP contribution in [0.1, 0.15) is 43.7 Å². The molecule has 0 atom stereocenters. The molecule has 18 heavy (non-hydrogen) atoms. The maximum Gasteiger partial charge on any atom is 0.0991 e. The number of amidine groups is 1. The number of benzene rings is 1. The van der Waals surface area contributed by atoms with E-state index in [1.54, 1.807) is 0 Å². The van der Waals surface area contributed by atoms with Gasteiger partial charge in [-0.25, -0.2) is 0 Å². The van der Waals surface area contributed by atoms with Gasteiger partial charge in [0.25, 0.3) is 0 Å². The second kappa shape index (κ2) is 8.30. The summed E-state index contributed by atoms with van der Waals surface area (Å²) >= 11 is 0. The highest BCUT2D eigenvalue weighted by molar-refractivity contribution is 5.78. The van der Waals surface area contributed by atoms with E-state index in [-0.39, 0.29) is 0 Å². The van der Waals surface area contributed by atoms with E-state index < -0.39 is 0 Å². The molecule has 0 aliphatic heterocycles. The fourth-order valence-electron chi connectivity index (χ4n) is 1.77. The Kier molecular flexibility index (Phi) is 6.56. The van der Waals surface area contributed by atoms with Crippen molar-refractivity contribution in [3.8, 4) is 6.07 Å². The van der Waals surface area contributed by atoms with Crippen LogP contribution in [0.3, 0.4) is 0 Å². The van der Waals surface area contributed by atoms with Gasteiger partial charge in [-0.15, -0.1) is 0 Å². The van der Waals surface area contributed by atoms with Crippen molar-refractivity contribution in [2.75, 3.05) is 6.54 Å². The van der Waals surface area contributed by atoms with Crippen molar-refractivity contribution >= 4 is 5.84 Å². The minimum Gasteiger partial charge on any atom is -0.374 e. The van der Waals surface area contributed by atoms with Gasteiger partial charge in [0.15, 0.2) is 0 Å².